The zero-order valence-electron chi connectivity index (χ0n) is 10.9. The van der Waals surface area contributed by atoms with Crippen molar-refractivity contribution in [3.05, 3.63) is 35.5 Å². The Labute approximate surface area is 115 Å². The van der Waals surface area contributed by atoms with Gasteiger partial charge in [-0.25, -0.2) is 4.39 Å². The number of nitrogens with two attached hydrogens (primary N) is 1. The smallest absolute Gasteiger partial charge is 0.281 e. The van der Waals surface area contributed by atoms with Crippen LogP contribution in [0.4, 0.5) is 4.39 Å². The number of nitrogens with zero attached hydrogens (tertiary/aromatic N) is 2. The highest BCUT2D eigenvalue weighted by molar-refractivity contribution is 7.99. The third-order valence-corrected chi connectivity index (χ3v) is 3.61. The van der Waals surface area contributed by atoms with Gasteiger partial charge in [-0.05, 0) is 42.3 Å². The summed E-state index contributed by atoms with van der Waals surface area (Å²) in [4.78, 5) is 0.470. The highest BCUT2D eigenvalue weighted by Crippen LogP contribution is 2.29. The van der Waals surface area contributed by atoms with E-state index in [0.29, 0.717) is 22.4 Å². The average molecular weight is 281 g/mol. The minimum absolute atomic E-state index is 0.0662. The number of aromatic nitrogens is 2. The van der Waals surface area contributed by atoms with E-state index >= 15 is 0 Å². The Hall–Kier alpha value is -1.40. The first-order valence-corrected chi connectivity index (χ1v) is 6.92. The fraction of sp³-hybridized carbons (Fsp3) is 0.385. The van der Waals surface area contributed by atoms with Gasteiger partial charge in [0.1, 0.15) is 5.82 Å². The summed E-state index contributed by atoms with van der Waals surface area (Å²) in [5.41, 5.74) is 6.76. The van der Waals surface area contributed by atoms with Gasteiger partial charge in [0.2, 0.25) is 5.89 Å². The van der Waals surface area contributed by atoms with Crippen molar-refractivity contribution in [2.75, 3.05) is 0 Å². The van der Waals surface area contributed by atoms with Crippen molar-refractivity contribution in [1.82, 2.24) is 10.2 Å². The summed E-state index contributed by atoms with van der Waals surface area (Å²) in [5, 5.41) is 7.87. The highest BCUT2D eigenvalue weighted by atomic mass is 32.2. The molecule has 0 aliphatic rings. The maximum absolute atomic E-state index is 13.9. The molecule has 4 nitrogen and oxygen atoms in total. The zero-order valence-corrected chi connectivity index (χ0v) is 11.7. The molecule has 0 amide bonds. The number of benzene rings is 1. The van der Waals surface area contributed by atoms with Gasteiger partial charge in [0.15, 0.2) is 0 Å². The van der Waals surface area contributed by atoms with E-state index in [1.54, 1.807) is 13.0 Å². The molecule has 1 unspecified atom stereocenters. The van der Waals surface area contributed by atoms with Gasteiger partial charge in [-0.3, -0.25) is 0 Å². The lowest BCUT2D eigenvalue weighted by Crippen LogP contribution is -2.21. The number of aryl methyl sites for hydroxylation is 1. The van der Waals surface area contributed by atoms with E-state index in [2.05, 4.69) is 10.2 Å². The minimum Gasteiger partial charge on any atom is -0.416 e. The van der Waals surface area contributed by atoms with E-state index in [1.165, 1.54) is 6.07 Å². The molecule has 1 heterocycles. The van der Waals surface area contributed by atoms with E-state index in [0.717, 1.165) is 23.7 Å². The van der Waals surface area contributed by atoms with E-state index < -0.39 is 0 Å². The largest absolute Gasteiger partial charge is 0.416 e. The molecule has 2 N–H and O–H groups in total. The fourth-order valence-electron chi connectivity index (χ4n) is 1.61. The molecule has 1 aromatic carbocycles. The van der Waals surface area contributed by atoms with Crippen LogP contribution in [0, 0.1) is 12.7 Å². The Morgan fingerprint density at radius 1 is 1.42 bits per heavy atom. The minimum atomic E-state index is -0.290. The molecule has 0 radical (unpaired) electrons. The van der Waals surface area contributed by atoms with E-state index in [1.807, 2.05) is 13.0 Å². The second-order valence-corrected chi connectivity index (χ2v) is 5.32. The summed E-state index contributed by atoms with van der Waals surface area (Å²) < 4.78 is 19.2. The Morgan fingerprint density at radius 3 is 2.79 bits per heavy atom. The Morgan fingerprint density at radius 2 is 2.21 bits per heavy atom. The molecule has 2 aromatic rings. The van der Waals surface area contributed by atoms with Crippen LogP contribution in [-0.4, -0.2) is 16.2 Å². The highest BCUT2D eigenvalue weighted by Gasteiger charge is 2.11. The van der Waals surface area contributed by atoms with Crippen LogP contribution in [0.15, 0.2) is 32.7 Å². The first-order chi connectivity index (χ1) is 9.08. The van der Waals surface area contributed by atoms with Crippen molar-refractivity contribution >= 4 is 11.8 Å². The van der Waals surface area contributed by atoms with Crippen molar-refractivity contribution in [2.45, 2.75) is 42.8 Å². The van der Waals surface area contributed by atoms with Crippen molar-refractivity contribution in [3.8, 4) is 0 Å². The molecule has 1 aromatic heterocycles. The molecular formula is C13H16FN3OS. The topological polar surface area (TPSA) is 64.9 Å². The SMILES string of the molecule is CCC(N)Cc1ccc(Sc2nnc(C)o2)c(F)c1. The molecule has 0 spiro atoms. The van der Waals surface area contributed by atoms with E-state index in [4.69, 9.17) is 10.2 Å². The van der Waals surface area contributed by atoms with Crippen LogP contribution in [0.25, 0.3) is 0 Å². The van der Waals surface area contributed by atoms with Crippen molar-refractivity contribution in [3.63, 3.8) is 0 Å². The normalized spacial score (nSPS) is 12.6. The Kier molecular flexibility index (Phi) is 4.55. The van der Waals surface area contributed by atoms with Gasteiger partial charge in [0.05, 0.1) is 4.90 Å². The molecule has 0 aliphatic heterocycles. The predicted molar refractivity (Wildman–Crippen MR) is 71.5 cm³/mol. The van der Waals surface area contributed by atoms with Crippen LogP contribution >= 0.6 is 11.8 Å². The van der Waals surface area contributed by atoms with Gasteiger partial charge in [-0.1, -0.05) is 13.0 Å². The van der Waals surface area contributed by atoms with Crippen molar-refractivity contribution < 1.29 is 8.81 Å². The fourth-order valence-corrected chi connectivity index (χ4v) is 2.34. The molecule has 0 saturated heterocycles. The van der Waals surface area contributed by atoms with Crippen LogP contribution in [0.5, 0.6) is 0 Å². The molecule has 0 bridgehead atoms. The number of hydrogen-bond acceptors (Lipinski definition) is 5. The van der Waals surface area contributed by atoms with Gasteiger partial charge >= 0.3 is 0 Å². The van der Waals surface area contributed by atoms with E-state index in [-0.39, 0.29) is 11.9 Å². The van der Waals surface area contributed by atoms with Crippen LogP contribution in [0.1, 0.15) is 24.8 Å². The van der Waals surface area contributed by atoms with Gasteiger partial charge < -0.3 is 10.2 Å². The summed E-state index contributed by atoms with van der Waals surface area (Å²) in [6.07, 6.45) is 1.55. The van der Waals surface area contributed by atoms with E-state index in [9.17, 15) is 4.39 Å². The maximum Gasteiger partial charge on any atom is 0.281 e. The molecular weight excluding hydrogens is 265 g/mol. The van der Waals surface area contributed by atoms with Gasteiger partial charge in [0.25, 0.3) is 5.22 Å². The predicted octanol–water partition coefficient (Wildman–Crippen LogP) is 2.95. The standard InChI is InChI=1S/C13H16FN3OS/c1-3-10(15)6-9-4-5-12(11(14)7-9)19-13-17-16-8(2)18-13/h4-5,7,10H,3,6,15H2,1-2H3. The Balaban J connectivity index is 2.10. The van der Waals surface area contributed by atoms with Gasteiger partial charge in [0, 0.05) is 13.0 Å². The lowest BCUT2D eigenvalue weighted by Gasteiger charge is -2.09. The van der Waals surface area contributed by atoms with Gasteiger partial charge in [-0.15, -0.1) is 10.2 Å². The molecule has 0 fully saturated rings. The van der Waals surface area contributed by atoms with Crippen LogP contribution in [0.2, 0.25) is 0 Å². The summed E-state index contributed by atoms with van der Waals surface area (Å²) >= 11 is 1.12. The Bertz CT molecular complexity index is 559. The second kappa shape index (κ2) is 6.16. The average Bonchev–Trinajstić information content (AvgIpc) is 2.78. The summed E-state index contributed by atoms with van der Waals surface area (Å²) in [7, 11) is 0. The molecule has 19 heavy (non-hydrogen) atoms. The maximum atomic E-state index is 13.9. The molecule has 2 rings (SSSR count). The molecule has 0 aliphatic carbocycles. The van der Waals surface area contributed by atoms with Crippen LogP contribution in [0.3, 0.4) is 0 Å². The summed E-state index contributed by atoms with van der Waals surface area (Å²) in [6.45, 7) is 3.71. The number of rotatable bonds is 5. The first-order valence-electron chi connectivity index (χ1n) is 6.10. The second-order valence-electron chi connectivity index (χ2n) is 4.33. The monoisotopic (exact) mass is 281 g/mol. The zero-order chi connectivity index (χ0) is 13.8. The lowest BCUT2D eigenvalue weighted by atomic mass is 10.0. The number of hydrogen-bond donors (Lipinski definition) is 1. The van der Waals surface area contributed by atoms with Crippen molar-refractivity contribution in [2.24, 2.45) is 5.73 Å². The number of halogens is 1. The lowest BCUT2D eigenvalue weighted by molar-refractivity contribution is 0.429. The third kappa shape index (κ3) is 3.78. The third-order valence-electron chi connectivity index (χ3n) is 2.72. The summed E-state index contributed by atoms with van der Waals surface area (Å²) in [5.74, 6) is 0.176. The van der Waals surface area contributed by atoms with Crippen molar-refractivity contribution in [1.29, 1.82) is 0 Å². The molecule has 102 valence electrons. The van der Waals surface area contributed by atoms with Crippen LogP contribution in [-0.2, 0) is 6.42 Å². The van der Waals surface area contributed by atoms with Gasteiger partial charge in [-0.2, -0.15) is 0 Å². The van der Waals surface area contributed by atoms with Crippen LogP contribution < -0.4 is 5.73 Å². The quantitative estimate of drug-likeness (QED) is 0.912. The molecule has 0 saturated carbocycles. The molecule has 6 heteroatoms. The first kappa shape index (κ1) is 14.0. The molecule has 1 atom stereocenters. The summed E-state index contributed by atoms with van der Waals surface area (Å²) in [6, 6.07) is 5.18.